The third kappa shape index (κ3) is 3.19. The van der Waals surface area contributed by atoms with E-state index in [1.165, 1.54) is 4.57 Å². The van der Waals surface area contributed by atoms with Gasteiger partial charge in [0, 0.05) is 11.9 Å². The van der Waals surface area contributed by atoms with Crippen molar-refractivity contribution in [2.24, 2.45) is 0 Å². The number of thiol groups is 1. The molecule has 3 rings (SSSR count). The lowest BCUT2D eigenvalue weighted by molar-refractivity contribution is 0.907. The minimum Gasteiger partial charge on any atom is -0.267 e. The summed E-state index contributed by atoms with van der Waals surface area (Å²) in [5.41, 5.74) is 2.33. The Labute approximate surface area is 151 Å². The van der Waals surface area contributed by atoms with Crippen LogP contribution in [0.3, 0.4) is 0 Å². The quantitative estimate of drug-likeness (QED) is 0.735. The summed E-state index contributed by atoms with van der Waals surface area (Å²) in [6, 6.07) is 15.0. The van der Waals surface area contributed by atoms with Crippen LogP contribution in [0.1, 0.15) is 23.7 Å². The average Bonchev–Trinajstić information content (AvgIpc) is 2.68. The molecule has 5 nitrogen and oxygen atoms in total. The lowest BCUT2D eigenvalue weighted by atomic mass is 10.1. The highest BCUT2D eigenvalue weighted by molar-refractivity contribution is 7.79. The molecule has 124 valence electrons. The number of aryl methyl sites for hydroxylation is 1. The van der Waals surface area contributed by atoms with Crippen LogP contribution >= 0.6 is 12.6 Å². The van der Waals surface area contributed by atoms with Gasteiger partial charge in [0.2, 0.25) is 0 Å². The van der Waals surface area contributed by atoms with Crippen LogP contribution in [0, 0.1) is 11.3 Å². The maximum atomic E-state index is 13.0. The van der Waals surface area contributed by atoms with Crippen molar-refractivity contribution in [3.63, 3.8) is 0 Å². The highest BCUT2D eigenvalue weighted by Crippen LogP contribution is 2.20. The first-order chi connectivity index (χ1) is 12.2. The minimum atomic E-state index is -0.411. The number of nitriles is 1. The van der Waals surface area contributed by atoms with Crippen molar-refractivity contribution in [2.75, 3.05) is 0 Å². The number of hydrogen-bond donors (Lipinski definition) is 1. The van der Waals surface area contributed by atoms with Gasteiger partial charge < -0.3 is 0 Å². The first kappa shape index (κ1) is 16.9. The van der Waals surface area contributed by atoms with E-state index in [1.807, 2.05) is 36.4 Å². The Morgan fingerprint density at radius 1 is 1.20 bits per heavy atom. The van der Waals surface area contributed by atoms with Gasteiger partial charge in [0.15, 0.2) is 5.82 Å². The standard InChI is InChI=1S/C19H16N4OS/c1-2-13-6-8-14(9-7-13)23-18(16-5-3-4-10-21-16)22-17(12-25)15(11-20)19(23)24/h3-10,25H,2,12H2,1H3. The van der Waals surface area contributed by atoms with Crippen molar-refractivity contribution in [3.05, 3.63) is 75.8 Å². The van der Waals surface area contributed by atoms with Crippen molar-refractivity contribution < 1.29 is 0 Å². The Morgan fingerprint density at radius 2 is 1.96 bits per heavy atom. The normalized spacial score (nSPS) is 10.4. The van der Waals surface area contributed by atoms with Crippen LogP contribution < -0.4 is 5.56 Å². The molecule has 0 unspecified atom stereocenters. The van der Waals surface area contributed by atoms with E-state index < -0.39 is 5.56 Å². The summed E-state index contributed by atoms with van der Waals surface area (Å²) in [5.74, 6) is 0.603. The summed E-state index contributed by atoms with van der Waals surface area (Å²) in [5, 5.41) is 9.39. The third-order valence-electron chi connectivity index (χ3n) is 3.92. The third-order valence-corrected chi connectivity index (χ3v) is 4.22. The Hall–Kier alpha value is -2.91. The predicted octanol–water partition coefficient (Wildman–Crippen LogP) is 3.16. The number of aromatic nitrogens is 3. The van der Waals surface area contributed by atoms with E-state index >= 15 is 0 Å². The van der Waals surface area contributed by atoms with Crippen LogP contribution in [0.4, 0.5) is 0 Å². The van der Waals surface area contributed by atoms with Gasteiger partial charge in [0.1, 0.15) is 17.3 Å². The van der Waals surface area contributed by atoms with E-state index in [2.05, 4.69) is 29.5 Å². The van der Waals surface area contributed by atoms with Crippen molar-refractivity contribution in [2.45, 2.75) is 19.1 Å². The van der Waals surface area contributed by atoms with E-state index in [-0.39, 0.29) is 11.3 Å². The molecule has 0 bridgehead atoms. The predicted molar refractivity (Wildman–Crippen MR) is 99.8 cm³/mol. The summed E-state index contributed by atoms with van der Waals surface area (Å²) in [4.78, 5) is 21.8. The fraction of sp³-hybridized carbons (Fsp3) is 0.158. The lowest BCUT2D eigenvalue weighted by Gasteiger charge is -2.14. The SMILES string of the molecule is CCc1ccc(-n2c(-c3ccccn3)nc(CS)c(C#N)c2=O)cc1. The molecule has 0 saturated carbocycles. The molecule has 2 aromatic heterocycles. The molecule has 3 aromatic rings. The number of hydrogen-bond acceptors (Lipinski definition) is 5. The average molecular weight is 348 g/mol. The molecular formula is C19H16N4OS. The van der Waals surface area contributed by atoms with Crippen LogP contribution in [0.25, 0.3) is 17.2 Å². The molecule has 0 aliphatic heterocycles. The number of pyridine rings is 1. The van der Waals surface area contributed by atoms with Gasteiger partial charge in [-0.25, -0.2) is 4.98 Å². The van der Waals surface area contributed by atoms with Gasteiger partial charge in [-0.15, -0.1) is 0 Å². The molecule has 2 heterocycles. The number of nitrogens with zero attached hydrogens (tertiary/aromatic N) is 4. The zero-order valence-electron chi connectivity index (χ0n) is 13.7. The molecule has 1 aromatic carbocycles. The Morgan fingerprint density at radius 3 is 2.52 bits per heavy atom. The fourth-order valence-corrected chi connectivity index (χ4v) is 2.81. The fourth-order valence-electron chi connectivity index (χ4n) is 2.58. The second-order valence-corrected chi connectivity index (χ2v) is 5.72. The summed E-state index contributed by atoms with van der Waals surface area (Å²) in [6.45, 7) is 2.07. The summed E-state index contributed by atoms with van der Waals surface area (Å²) < 4.78 is 1.44. The van der Waals surface area contributed by atoms with Gasteiger partial charge >= 0.3 is 0 Å². The molecule has 6 heteroatoms. The van der Waals surface area contributed by atoms with Gasteiger partial charge in [-0.05, 0) is 36.2 Å². The Balaban J connectivity index is 2.35. The first-order valence-corrected chi connectivity index (χ1v) is 8.50. The minimum absolute atomic E-state index is 0.00856. The Bertz CT molecular complexity index is 989. The van der Waals surface area contributed by atoms with E-state index in [9.17, 15) is 10.1 Å². The maximum absolute atomic E-state index is 13.0. The van der Waals surface area contributed by atoms with E-state index in [4.69, 9.17) is 0 Å². The van der Waals surface area contributed by atoms with Crippen LogP contribution in [-0.2, 0) is 12.2 Å². The van der Waals surface area contributed by atoms with Gasteiger partial charge in [0.25, 0.3) is 5.56 Å². The van der Waals surface area contributed by atoms with Gasteiger partial charge in [-0.2, -0.15) is 17.9 Å². The largest absolute Gasteiger partial charge is 0.276 e. The first-order valence-electron chi connectivity index (χ1n) is 7.87. The second-order valence-electron chi connectivity index (χ2n) is 5.40. The zero-order chi connectivity index (χ0) is 17.8. The molecule has 0 amide bonds. The maximum Gasteiger partial charge on any atom is 0.276 e. The molecule has 0 aliphatic rings. The van der Waals surface area contributed by atoms with Crippen molar-refractivity contribution in [3.8, 4) is 23.3 Å². The smallest absolute Gasteiger partial charge is 0.267 e. The molecule has 0 spiro atoms. The highest BCUT2D eigenvalue weighted by Gasteiger charge is 2.18. The second kappa shape index (κ2) is 7.32. The zero-order valence-corrected chi connectivity index (χ0v) is 14.6. The Kier molecular flexibility index (Phi) is 4.96. The molecule has 0 saturated heterocycles. The van der Waals surface area contributed by atoms with Gasteiger partial charge in [-0.1, -0.05) is 25.1 Å². The molecule has 0 N–H and O–H groups in total. The highest BCUT2D eigenvalue weighted by atomic mass is 32.1. The monoisotopic (exact) mass is 348 g/mol. The van der Waals surface area contributed by atoms with E-state index in [0.29, 0.717) is 22.9 Å². The summed E-state index contributed by atoms with van der Waals surface area (Å²) in [6.07, 6.45) is 2.55. The topological polar surface area (TPSA) is 71.6 Å². The molecule has 25 heavy (non-hydrogen) atoms. The number of rotatable bonds is 4. The lowest BCUT2D eigenvalue weighted by Crippen LogP contribution is -2.26. The summed E-state index contributed by atoms with van der Waals surface area (Å²) >= 11 is 4.21. The van der Waals surface area contributed by atoms with Crippen LogP contribution in [0.2, 0.25) is 0 Å². The molecule has 0 atom stereocenters. The van der Waals surface area contributed by atoms with Gasteiger partial charge in [-0.3, -0.25) is 14.3 Å². The van der Waals surface area contributed by atoms with Crippen molar-refractivity contribution in [1.29, 1.82) is 5.26 Å². The molecular weight excluding hydrogens is 332 g/mol. The van der Waals surface area contributed by atoms with Crippen molar-refractivity contribution >= 4 is 12.6 Å². The van der Waals surface area contributed by atoms with Crippen LogP contribution in [0.5, 0.6) is 0 Å². The van der Waals surface area contributed by atoms with Crippen molar-refractivity contribution in [1.82, 2.24) is 14.5 Å². The van der Waals surface area contributed by atoms with E-state index in [0.717, 1.165) is 12.0 Å². The molecule has 0 radical (unpaired) electrons. The molecule has 0 fully saturated rings. The van der Waals surface area contributed by atoms with Crippen LogP contribution in [0.15, 0.2) is 53.5 Å². The number of benzene rings is 1. The summed E-state index contributed by atoms with van der Waals surface area (Å²) in [7, 11) is 0. The molecule has 0 aliphatic carbocycles. The van der Waals surface area contributed by atoms with Gasteiger partial charge in [0.05, 0.1) is 11.4 Å². The van der Waals surface area contributed by atoms with Crippen LogP contribution in [-0.4, -0.2) is 14.5 Å². The van der Waals surface area contributed by atoms with E-state index in [1.54, 1.807) is 18.3 Å².